The van der Waals surface area contributed by atoms with Crippen molar-refractivity contribution in [2.45, 2.75) is 0 Å². The minimum absolute atomic E-state index is 0.121. The van der Waals surface area contributed by atoms with Crippen LogP contribution in [0.1, 0.15) is 5.56 Å². The number of halogens is 1. The Balaban J connectivity index is 2.28. The minimum Gasteiger partial charge on any atom is -0.508 e. The van der Waals surface area contributed by atoms with Crippen LogP contribution in [0.5, 0.6) is 11.5 Å². The molecule has 102 valence electrons. The summed E-state index contributed by atoms with van der Waals surface area (Å²) >= 11 is 0. The molecule has 2 N–H and O–H groups in total. The third kappa shape index (κ3) is 2.26. The van der Waals surface area contributed by atoms with Gasteiger partial charge in [-0.3, -0.25) is 0 Å². The van der Waals surface area contributed by atoms with Crippen molar-refractivity contribution in [3.8, 4) is 35.1 Å². The first kappa shape index (κ1) is 12.9. The van der Waals surface area contributed by atoms with Gasteiger partial charge in [-0.05, 0) is 42.5 Å². The van der Waals surface area contributed by atoms with Crippen LogP contribution in [0.3, 0.4) is 0 Å². The zero-order valence-corrected chi connectivity index (χ0v) is 10.8. The van der Waals surface area contributed by atoms with Crippen molar-refractivity contribution >= 4 is 10.9 Å². The van der Waals surface area contributed by atoms with E-state index in [0.717, 1.165) is 0 Å². The zero-order chi connectivity index (χ0) is 15.0. The summed E-state index contributed by atoms with van der Waals surface area (Å²) in [6.45, 7) is 0. The smallest absolute Gasteiger partial charge is 0.165 e. The Morgan fingerprint density at radius 3 is 2.57 bits per heavy atom. The van der Waals surface area contributed by atoms with Crippen LogP contribution in [0.25, 0.3) is 22.2 Å². The highest BCUT2D eigenvalue weighted by Crippen LogP contribution is 2.29. The van der Waals surface area contributed by atoms with E-state index >= 15 is 0 Å². The fourth-order valence-electron chi connectivity index (χ4n) is 2.15. The van der Waals surface area contributed by atoms with Gasteiger partial charge in [-0.25, -0.2) is 9.37 Å². The molecule has 1 heterocycles. The number of pyridine rings is 1. The molecule has 21 heavy (non-hydrogen) atoms. The summed E-state index contributed by atoms with van der Waals surface area (Å²) in [6.07, 6.45) is 5.49. The molecule has 2 aromatic carbocycles. The first-order valence-electron chi connectivity index (χ1n) is 6.18. The largest absolute Gasteiger partial charge is 0.508 e. The van der Waals surface area contributed by atoms with Crippen LogP contribution in [-0.2, 0) is 0 Å². The normalized spacial score (nSPS) is 10.5. The molecule has 0 unspecified atom stereocenters. The molecule has 0 amide bonds. The number of fused-ring (bicyclic) bond motifs is 1. The Morgan fingerprint density at radius 2 is 1.86 bits per heavy atom. The molecule has 0 aliphatic heterocycles. The predicted octanol–water partition coefficient (Wildman–Crippen LogP) is 3.43. The molecule has 0 radical (unpaired) electrons. The number of aromatic hydroxyl groups is 2. The highest BCUT2D eigenvalue weighted by atomic mass is 19.1. The van der Waals surface area contributed by atoms with Crippen molar-refractivity contribution in [3.63, 3.8) is 0 Å². The van der Waals surface area contributed by atoms with Gasteiger partial charge in [0.25, 0.3) is 0 Å². The molecule has 0 fully saturated rings. The molecule has 4 heteroatoms. The molecule has 0 aliphatic rings. The molecule has 3 rings (SSSR count). The molecule has 3 nitrogen and oxygen atoms in total. The van der Waals surface area contributed by atoms with Gasteiger partial charge in [0.2, 0.25) is 0 Å². The molecule has 0 bridgehead atoms. The quantitative estimate of drug-likeness (QED) is 0.671. The molecular formula is C17H10FNO2. The van der Waals surface area contributed by atoms with Crippen LogP contribution in [0, 0.1) is 18.2 Å². The standard InChI is InChI=1S/C17H10FNO2/c1-2-10-7-12-8-13(20)4-5-15(12)19-17(10)11-3-6-16(21)14(18)9-11/h1,3-9,20-21H. The van der Waals surface area contributed by atoms with Gasteiger partial charge in [0.1, 0.15) is 5.75 Å². The molecule has 3 aromatic rings. The third-order valence-electron chi connectivity index (χ3n) is 3.17. The van der Waals surface area contributed by atoms with Crippen LogP contribution in [0.4, 0.5) is 4.39 Å². The summed E-state index contributed by atoms with van der Waals surface area (Å²) < 4.78 is 13.5. The number of hydrogen-bond acceptors (Lipinski definition) is 3. The van der Waals surface area contributed by atoms with E-state index in [-0.39, 0.29) is 5.75 Å². The summed E-state index contributed by atoms with van der Waals surface area (Å²) in [6, 6.07) is 10.4. The lowest BCUT2D eigenvalue weighted by molar-refractivity contribution is 0.432. The molecule has 0 saturated heterocycles. The van der Waals surface area contributed by atoms with Crippen LogP contribution in [-0.4, -0.2) is 15.2 Å². The van der Waals surface area contributed by atoms with Gasteiger partial charge in [-0.2, -0.15) is 0 Å². The Hall–Kier alpha value is -3.06. The van der Waals surface area contributed by atoms with Crippen LogP contribution >= 0.6 is 0 Å². The van der Waals surface area contributed by atoms with Crippen LogP contribution in [0.2, 0.25) is 0 Å². The number of phenols is 2. The van der Waals surface area contributed by atoms with Crippen molar-refractivity contribution in [1.82, 2.24) is 4.98 Å². The number of phenolic OH excluding ortho intramolecular Hbond substituents is 2. The maximum atomic E-state index is 13.5. The molecule has 1 aromatic heterocycles. The third-order valence-corrected chi connectivity index (χ3v) is 3.17. The van der Waals surface area contributed by atoms with E-state index < -0.39 is 11.6 Å². The van der Waals surface area contributed by atoms with Gasteiger partial charge in [0.05, 0.1) is 16.8 Å². The average molecular weight is 279 g/mol. The number of benzene rings is 2. The van der Waals surface area contributed by atoms with Crippen LogP contribution in [0.15, 0.2) is 42.5 Å². The molecule has 0 aliphatic carbocycles. The number of nitrogens with zero attached hydrogens (tertiary/aromatic N) is 1. The summed E-state index contributed by atoms with van der Waals surface area (Å²) in [7, 11) is 0. The lowest BCUT2D eigenvalue weighted by Gasteiger charge is -2.08. The van der Waals surface area contributed by atoms with Crippen LogP contribution < -0.4 is 0 Å². The molecule has 0 spiro atoms. The predicted molar refractivity (Wildman–Crippen MR) is 78.4 cm³/mol. The average Bonchev–Trinajstić information content (AvgIpc) is 2.48. The van der Waals surface area contributed by atoms with Crippen molar-refractivity contribution in [1.29, 1.82) is 0 Å². The van der Waals surface area contributed by atoms with Crippen molar-refractivity contribution < 1.29 is 14.6 Å². The maximum absolute atomic E-state index is 13.5. The Bertz CT molecular complexity index is 897. The van der Waals surface area contributed by atoms with E-state index in [1.54, 1.807) is 24.3 Å². The molecule has 0 atom stereocenters. The van der Waals surface area contributed by atoms with Gasteiger partial charge in [0.15, 0.2) is 11.6 Å². The SMILES string of the molecule is C#Cc1cc2cc(O)ccc2nc1-c1ccc(O)c(F)c1. The number of terminal acetylenes is 1. The second-order valence-corrected chi connectivity index (χ2v) is 4.57. The van der Waals surface area contributed by atoms with E-state index in [2.05, 4.69) is 10.9 Å². The van der Waals surface area contributed by atoms with Gasteiger partial charge < -0.3 is 10.2 Å². The summed E-state index contributed by atoms with van der Waals surface area (Å²) in [5.41, 5.74) is 2.05. The second kappa shape index (κ2) is 4.80. The maximum Gasteiger partial charge on any atom is 0.165 e. The Kier molecular flexibility index (Phi) is 2.96. The first-order valence-corrected chi connectivity index (χ1v) is 6.18. The van der Waals surface area contributed by atoms with Gasteiger partial charge >= 0.3 is 0 Å². The van der Waals surface area contributed by atoms with E-state index in [1.807, 2.05) is 0 Å². The van der Waals surface area contributed by atoms with Gasteiger partial charge in [-0.1, -0.05) is 5.92 Å². The highest BCUT2D eigenvalue weighted by molar-refractivity contribution is 5.86. The summed E-state index contributed by atoms with van der Waals surface area (Å²) in [5.74, 6) is 1.47. The lowest BCUT2D eigenvalue weighted by Crippen LogP contribution is -1.92. The lowest BCUT2D eigenvalue weighted by atomic mass is 10.0. The topological polar surface area (TPSA) is 53.4 Å². The van der Waals surface area contributed by atoms with Crippen molar-refractivity contribution in [2.24, 2.45) is 0 Å². The summed E-state index contributed by atoms with van der Waals surface area (Å²) in [5, 5.41) is 19.4. The van der Waals surface area contributed by atoms with E-state index in [1.165, 1.54) is 18.2 Å². The number of rotatable bonds is 1. The fourth-order valence-corrected chi connectivity index (χ4v) is 2.15. The molecule has 0 saturated carbocycles. The van der Waals surface area contributed by atoms with Gasteiger partial charge in [-0.15, -0.1) is 6.42 Å². The van der Waals surface area contributed by atoms with E-state index in [4.69, 9.17) is 6.42 Å². The van der Waals surface area contributed by atoms with Gasteiger partial charge in [0, 0.05) is 10.9 Å². The number of hydrogen-bond donors (Lipinski definition) is 2. The fraction of sp³-hybridized carbons (Fsp3) is 0. The Labute approximate surface area is 120 Å². The highest BCUT2D eigenvalue weighted by Gasteiger charge is 2.11. The number of aromatic nitrogens is 1. The molecular weight excluding hydrogens is 269 g/mol. The summed E-state index contributed by atoms with van der Waals surface area (Å²) in [4.78, 5) is 4.43. The Morgan fingerprint density at radius 1 is 1.05 bits per heavy atom. The minimum atomic E-state index is -0.733. The first-order chi connectivity index (χ1) is 10.1. The monoisotopic (exact) mass is 279 g/mol. The van der Waals surface area contributed by atoms with Crippen molar-refractivity contribution in [3.05, 3.63) is 53.8 Å². The van der Waals surface area contributed by atoms with E-state index in [0.29, 0.717) is 27.7 Å². The zero-order valence-electron chi connectivity index (χ0n) is 10.8. The van der Waals surface area contributed by atoms with Crippen molar-refractivity contribution in [2.75, 3.05) is 0 Å². The van der Waals surface area contributed by atoms with E-state index in [9.17, 15) is 14.6 Å². The second-order valence-electron chi connectivity index (χ2n) is 4.57.